The summed E-state index contributed by atoms with van der Waals surface area (Å²) in [5, 5.41) is 3.28. The molecule has 2 rings (SSSR count). The Morgan fingerprint density at radius 2 is 2.25 bits per heavy atom. The van der Waals surface area contributed by atoms with E-state index in [1.807, 2.05) is 0 Å². The lowest BCUT2D eigenvalue weighted by molar-refractivity contribution is -0.149. The van der Waals surface area contributed by atoms with Crippen molar-refractivity contribution in [3.05, 3.63) is 28.8 Å². The molecule has 1 aromatic rings. The second-order valence-electron chi connectivity index (χ2n) is 6.18. The smallest absolute Gasteiger partial charge is 0.255 e. The Morgan fingerprint density at radius 1 is 1.50 bits per heavy atom. The van der Waals surface area contributed by atoms with Gasteiger partial charge in [-0.2, -0.15) is 0 Å². The van der Waals surface area contributed by atoms with Gasteiger partial charge in [0, 0.05) is 24.7 Å². The zero-order valence-corrected chi connectivity index (χ0v) is 14.9. The molecule has 6 nitrogen and oxygen atoms in total. The van der Waals surface area contributed by atoms with Gasteiger partial charge in [0.2, 0.25) is 5.91 Å². The van der Waals surface area contributed by atoms with Crippen molar-refractivity contribution in [2.45, 2.75) is 20.0 Å². The van der Waals surface area contributed by atoms with Gasteiger partial charge in [0.15, 0.2) is 0 Å². The molecule has 0 aliphatic carbocycles. The minimum Gasteiger partial charge on any atom is -0.496 e. The molecule has 7 heteroatoms. The first-order valence-electron chi connectivity index (χ1n) is 7.91. The second-order valence-corrected chi connectivity index (χ2v) is 6.62. The Morgan fingerprint density at radius 3 is 2.92 bits per heavy atom. The molecule has 1 fully saturated rings. The molecule has 0 saturated carbocycles. The Bertz CT molecular complexity index is 606. The summed E-state index contributed by atoms with van der Waals surface area (Å²) in [6.45, 7) is 5.65. The van der Waals surface area contributed by atoms with Crippen LogP contribution in [0.4, 0.5) is 0 Å². The van der Waals surface area contributed by atoms with Gasteiger partial charge in [0.1, 0.15) is 12.4 Å². The van der Waals surface area contributed by atoms with Crippen LogP contribution in [0.5, 0.6) is 5.75 Å². The summed E-state index contributed by atoms with van der Waals surface area (Å²) in [4.78, 5) is 26.0. The summed E-state index contributed by atoms with van der Waals surface area (Å²) < 4.78 is 10.7. The molecule has 1 N–H and O–H groups in total. The van der Waals surface area contributed by atoms with Crippen molar-refractivity contribution in [1.82, 2.24) is 10.2 Å². The van der Waals surface area contributed by atoms with Crippen molar-refractivity contribution in [2.24, 2.45) is 5.92 Å². The van der Waals surface area contributed by atoms with Gasteiger partial charge < -0.3 is 19.7 Å². The van der Waals surface area contributed by atoms with Crippen molar-refractivity contribution in [2.75, 3.05) is 33.4 Å². The van der Waals surface area contributed by atoms with Crippen LogP contribution >= 0.6 is 11.6 Å². The maximum atomic E-state index is 12.4. The van der Waals surface area contributed by atoms with Crippen molar-refractivity contribution in [1.29, 1.82) is 0 Å². The number of nitrogens with one attached hydrogen (secondary N) is 1. The van der Waals surface area contributed by atoms with E-state index in [9.17, 15) is 9.59 Å². The predicted octanol–water partition coefficient (Wildman–Crippen LogP) is 1.96. The largest absolute Gasteiger partial charge is 0.496 e. The lowest BCUT2D eigenvalue weighted by Gasteiger charge is -2.33. The quantitative estimate of drug-likeness (QED) is 0.848. The average molecular weight is 355 g/mol. The summed E-state index contributed by atoms with van der Waals surface area (Å²) in [5.41, 5.74) is 0.371. The van der Waals surface area contributed by atoms with Crippen LogP contribution in [0, 0.1) is 5.92 Å². The van der Waals surface area contributed by atoms with E-state index in [-0.39, 0.29) is 24.5 Å². The Kier molecular flexibility index (Phi) is 6.45. The van der Waals surface area contributed by atoms with E-state index in [0.29, 0.717) is 41.9 Å². The lowest BCUT2D eigenvalue weighted by Crippen LogP contribution is -2.51. The van der Waals surface area contributed by atoms with Crippen molar-refractivity contribution >= 4 is 23.4 Å². The van der Waals surface area contributed by atoms with Crippen LogP contribution in [-0.4, -0.2) is 56.2 Å². The number of amides is 2. The normalized spacial score (nSPS) is 18.0. The Labute approximate surface area is 147 Å². The van der Waals surface area contributed by atoms with Gasteiger partial charge in [0.25, 0.3) is 5.91 Å². The molecule has 1 unspecified atom stereocenters. The molecule has 2 amide bonds. The molecule has 24 heavy (non-hydrogen) atoms. The molecule has 1 aliphatic heterocycles. The standard InChI is InChI=1S/C17H23ClN2O4/c1-11(2)8-20-9-13(24-10-16(20)21)7-19-17(22)14-6-12(18)4-5-15(14)23-3/h4-6,11,13H,7-10H2,1-3H3,(H,19,22). The van der Waals surface area contributed by atoms with E-state index in [4.69, 9.17) is 21.1 Å². The van der Waals surface area contributed by atoms with Crippen LogP contribution < -0.4 is 10.1 Å². The molecule has 0 spiro atoms. The molecule has 0 radical (unpaired) electrons. The van der Waals surface area contributed by atoms with Gasteiger partial charge in [-0.05, 0) is 24.1 Å². The minimum atomic E-state index is -0.287. The van der Waals surface area contributed by atoms with Crippen molar-refractivity contribution in [3.63, 3.8) is 0 Å². The number of halogens is 1. The lowest BCUT2D eigenvalue weighted by atomic mass is 10.1. The molecule has 0 bridgehead atoms. The summed E-state index contributed by atoms with van der Waals surface area (Å²) >= 11 is 5.95. The molecule has 132 valence electrons. The third kappa shape index (κ3) is 4.85. The second kappa shape index (κ2) is 8.35. The molecule has 1 saturated heterocycles. The highest BCUT2D eigenvalue weighted by Crippen LogP contribution is 2.22. The first kappa shape index (κ1) is 18.5. The molecule has 1 aliphatic rings. The highest BCUT2D eigenvalue weighted by molar-refractivity contribution is 6.31. The Hall–Kier alpha value is -1.79. The van der Waals surface area contributed by atoms with Crippen LogP contribution in [0.3, 0.4) is 0 Å². The van der Waals surface area contributed by atoms with E-state index < -0.39 is 0 Å². The molecular formula is C17H23ClN2O4. The van der Waals surface area contributed by atoms with E-state index in [1.54, 1.807) is 23.1 Å². The molecule has 1 heterocycles. The number of morpholine rings is 1. The number of carbonyl (C=O) groups excluding carboxylic acids is 2. The number of methoxy groups -OCH3 is 1. The van der Waals surface area contributed by atoms with E-state index in [1.165, 1.54) is 7.11 Å². The van der Waals surface area contributed by atoms with Gasteiger partial charge in [-0.15, -0.1) is 0 Å². The number of hydrogen-bond acceptors (Lipinski definition) is 4. The first-order chi connectivity index (χ1) is 11.4. The fourth-order valence-corrected chi connectivity index (χ4v) is 2.75. The first-order valence-corrected chi connectivity index (χ1v) is 8.29. The zero-order valence-electron chi connectivity index (χ0n) is 14.2. The number of hydrogen-bond donors (Lipinski definition) is 1. The highest BCUT2D eigenvalue weighted by Gasteiger charge is 2.27. The minimum absolute atomic E-state index is 0.0113. The SMILES string of the molecule is COc1ccc(Cl)cc1C(=O)NCC1CN(CC(C)C)C(=O)CO1. The average Bonchev–Trinajstić information content (AvgIpc) is 2.54. The number of rotatable bonds is 6. The van der Waals surface area contributed by atoms with Gasteiger partial charge in [-0.25, -0.2) is 0 Å². The number of benzene rings is 1. The van der Waals surface area contributed by atoms with Crippen LogP contribution in [-0.2, 0) is 9.53 Å². The maximum Gasteiger partial charge on any atom is 0.255 e. The molecule has 1 aromatic carbocycles. The van der Waals surface area contributed by atoms with Crippen LogP contribution in [0.2, 0.25) is 5.02 Å². The van der Waals surface area contributed by atoms with Gasteiger partial charge in [-0.3, -0.25) is 9.59 Å². The number of carbonyl (C=O) groups is 2. The van der Waals surface area contributed by atoms with E-state index >= 15 is 0 Å². The van der Waals surface area contributed by atoms with Gasteiger partial charge >= 0.3 is 0 Å². The highest BCUT2D eigenvalue weighted by atomic mass is 35.5. The van der Waals surface area contributed by atoms with E-state index in [0.717, 1.165) is 0 Å². The summed E-state index contributed by atoms with van der Waals surface area (Å²) in [7, 11) is 1.50. The fraction of sp³-hybridized carbons (Fsp3) is 0.529. The maximum absolute atomic E-state index is 12.4. The van der Waals surface area contributed by atoms with E-state index in [2.05, 4.69) is 19.2 Å². The van der Waals surface area contributed by atoms with Crippen molar-refractivity contribution < 1.29 is 19.1 Å². The zero-order chi connectivity index (χ0) is 17.7. The van der Waals surface area contributed by atoms with Gasteiger partial charge in [0.05, 0.1) is 18.8 Å². The number of nitrogens with zero attached hydrogens (tertiary/aromatic N) is 1. The fourth-order valence-electron chi connectivity index (χ4n) is 2.58. The van der Waals surface area contributed by atoms with Crippen LogP contribution in [0.1, 0.15) is 24.2 Å². The van der Waals surface area contributed by atoms with Crippen molar-refractivity contribution in [3.8, 4) is 5.75 Å². The number of ether oxygens (including phenoxy) is 2. The van der Waals surface area contributed by atoms with Crippen LogP contribution in [0.25, 0.3) is 0 Å². The summed E-state index contributed by atoms with van der Waals surface area (Å²) in [6, 6.07) is 4.88. The molecule has 0 aromatic heterocycles. The monoisotopic (exact) mass is 354 g/mol. The molecular weight excluding hydrogens is 332 g/mol. The topological polar surface area (TPSA) is 67.9 Å². The van der Waals surface area contributed by atoms with Gasteiger partial charge in [-0.1, -0.05) is 25.4 Å². The van der Waals surface area contributed by atoms with Crippen LogP contribution in [0.15, 0.2) is 18.2 Å². The predicted molar refractivity (Wildman–Crippen MR) is 91.5 cm³/mol. The summed E-state index contributed by atoms with van der Waals surface area (Å²) in [5.74, 6) is 0.545. The molecule has 1 atom stereocenters. The Balaban J connectivity index is 1.94. The third-order valence-electron chi connectivity index (χ3n) is 3.70. The summed E-state index contributed by atoms with van der Waals surface area (Å²) in [6.07, 6.45) is -0.226. The third-order valence-corrected chi connectivity index (χ3v) is 3.94.